The van der Waals surface area contributed by atoms with E-state index in [0.29, 0.717) is 24.5 Å². The van der Waals surface area contributed by atoms with Crippen molar-refractivity contribution < 1.29 is 17.6 Å². The van der Waals surface area contributed by atoms with Crippen molar-refractivity contribution in [3.63, 3.8) is 0 Å². The van der Waals surface area contributed by atoms with Crippen molar-refractivity contribution in [3.05, 3.63) is 54.3 Å². The van der Waals surface area contributed by atoms with Gasteiger partial charge in [0.25, 0.3) is 0 Å². The van der Waals surface area contributed by atoms with Gasteiger partial charge in [-0.2, -0.15) is 4.31 Å². The van der Waals surface area contributed by atoms with Crippen molar-refractivity contribution in [1.82, 2.24) is 4.31 Å². The Hall–Kier alpha value is -2.45. The number of amides is 1. The minimum Gasteiger partial charge on any atom is -0.374 e. The standard InChI is InChI=1S/C20H24FN3O3S/c1-15(22-17-7-5-16(21)6-8-17)20(25)23-18-9-11-19(12-10-18)28(26,27)24-13-3-2-4-14-24/h5-12,15,22H,2-4,13-14H2,1H3,(H,23,25). The molecule has 0 spiro atoms. The van der Waals surface area contributed by atoms with Crippen molar-refractivity contribution in [2.24, 2.45) is 0 Å². The second kappa shape index (κ2) is 8.70. The van der Waals surface area contributed by atoms with Crippen LogP contribution in [0.2, 0.25) is 0 Å². The number of piperidine rings is 1. The summed E-state index contributed by atoms with van der Waals surface area (Å²) in [5, 5.41) is 5.73. The maximum absolute atomic E-state index is 13.0. The number of benzene rings is 2. The highest BCUT2D eigenvalue weighted by molar-refractivity contribution is 7.89. The van der Waals surface area contributed by atoms with E-state index in [1.54, 1.807) is 31.2 Å². The molecule has 1 saturated heterocycles. The lowest BCUT2D eigenvalue weighted by molar-refractivity contribution is -0.116. The summed E-state index contributed by atoms with van der Waals surface area (Å²) in [6.07, 6.45) is 2.82. The molecule has 1 atom stereocenters. The predicted molar refractivity (Wildman–Crippen MR) is 107 cm³/mol. The molecule has 6 nitrogen and oxygen atoms in total. The minimum atomic E-state index is -3.49. The highest BCUT2D eigenvalue weighted by Gasteiger charge is 2.25. The zero-order valence-electron chi connectivity index (χ0n) is 15.7. The highest BCUT2D eigenvalue weighted by atomic mass is 32.2. The van der Waals surface area contributed by atoms with Gasteiger partial charge in [-0.05, 0) is 68.3 Å². The lowest BCUT2D eigenvalue weighted by Gasteiger charge is -2.25. The van der Waals surface area contributed by atoms with Crippen LogP contribution in [0.3, 0.4) is 0 Å². The normalized spacial score (nSPS) is 16.4. The van der Waals surface area contributed by atoms with E-state index in [-0.39, 0.29) is 16.6 Å². The second-order valence-electron chi connectivity index (χ2n) is 6.85. The molecule has 8 heteroatoms. The smallest absolute Gasteiger partial charge is 0.246 e. The van der Waals surface area contributed by atoms with Gasteiger partial charge in [-0.1, -0.05) is 6.42 Å². The van der Waals surface area contributed by atoms with Crippen molar-refractivity contribution in [3.8, 4) is 0 Å². The third kappa shape index (κ3) is 4.88. The van der Waals surface area contributed by atoms with E-state index in [0.717, 1.165) is 19.3 Å². The maximum atomic E-state index is 13.0. The van der Waals surface area contributed by atoms with Crippen LogP contribution in [0.25, 0.3) is 0 Å². The molecule has 28 heavy (non-hydrogen) atoms. The number of anilines is 2. The molecule has 3 rings (SSSR count). The number of nitrogens with zero attached hydrogens (tertiary/aromatic N) is 1. The van der Waals surface area contributed by atoms with Crippen LogP contribution in [0.15, 0.2) is 53.4 Å². The van der Waals surface area contributed by atoms with Crippen LogP contribution in [0.4, 0.5) is 15.8 Å². The van der Waals surface area contributed by atoms with Crippen LogP contribution in [-0.2, 0) is 14.8 Å². The first-order chi connectivity index (χ1) is 13.4. The zero-order chi connectivity index (χ0) is 20.1. The quantitative estimate of drug-likeness (QED) is 0.772. The molecule has 0 aromatic heterocycles. The van der Waals surface area contributed by atoms with E-state index >= 15 is 0 Å². The number of carbonyl (C=O) groups is 1. The number of hydrogen-bond donors (Lipinski definition) is 2. The Kier molecular flexibility index (Phi) is 6.31. The third-order valence-electron chi connectivity index (χ3n) is 4.70. The number of nitrogens with one attached hydrogen (secondary N) is 2. The molecule has 1 aliphatic heterocycles. The Balaban J connectivity index is 1.61. The molecule has 1 heterocycles. The van der Waals surface area contributed by atoms with E-state index in [1.807, 2.05) is 0 Å². The Morgan fingerprint density at radius 3 is 2.14 bits per heavy atom. The first-order valence-corrected chi connectivity index (χ1v) is 10.7. The van der Waals surface area contributed by atoms with E-state index < -0.39 is 16.1 Å². The number of hydrogen-bond acceptors (Lipinski definition) is 4. The molecule has 2 aromatic rings. The van der Waals surface area contributed by atoms with Gasteiger partial charge in [0.15, 0.2) is 0 Å². The van der Waals surface area contributed by atoms with Crippen LogP contribution in [-0.4, -0.2) is 37.8 Å². The van der Waals surface area contributed by atoms with Gasteiger partial charge in [0.1, 0.15) is 11.9 Å². The van der Waals surface area contributed by atoms with Gasteiger partial charge in [0.05, 0.1) is 4.90 Å². The van der Waals surface area contributed by atoms with Gasteiger partial charge < -0.3 is 10.6 Å². The molecule has 1 fully saturated rings. The van der Waals surface area contributed by atoms with Gasteiger partial charge >= 0.3 is 0 Å². The minimum absolute atomic E-state index is 0.227. The van der Waals surface area contributed by atoms with Gasteiger partial charge in [-0.15, -0.1) is 0 Å². The fourth-order valence-corrected chi connectivity index (χ4v) is 4.59. The molecule has 0 aliphatic carbocycles. The lowest BCUT2D eigenvalue weighted by Crippen LogP contribution is -2.35. The number of halogens is 1. The molecule has 2 N–H and O–H groups in total. The molecule has 0 saturated carbocycles. The zero-order valence-corrected chi connectivity index (χ0v) is 16.5. The molecule has 0 radical (unpaired) electrons. The van der Waals surface area contributed by atoms with Gasteiger partial charge in [-0.3, -0.25) is 4.79 Å². The topological polar surface area (TPSA) is 78.5 Å². The van der Waals surface area contributed by atoms with E-state index in [2.05, 4.69) is 10.6 Å². The summed E-state index contributed by atoms with van der Waals surface area (Å²) < 4.78 is 39.8. The maximum Gasteiger partial charge on any atom is 0.246 e. The SMILES string of the molecule is CC(Nc1ccc(F)cc1)C(=O)Nc1ccc(S(=O)(=O)N2CCCCC2)cc1. The number of carbonyl (C=O) groups excluding carboxylic acids is 1. The summed E-state index contributed by atoms with van der Waals surface area (Å²) in [4.78, 5) is 12.6. The van der Waals surface area contributed by atoms with Gasteiger partial charge in [0, 0.05) is 24.5 Å². The summed E-state index contributed by atoms with van der Waals surface area (Å²) in [6.45, 7) is 2.79. The number of rotatable bonds is 6. The number of sulfonamides is 1. The molecular formula is C20H24FN3O3S. The van der Waals surface area contributed by atoms with E-state index in [9.17, 15) is 17.6 Å². The van der Waals surface area contributed by atoms with Crippen LogP contribution >= 0.6 is 0 Å². The Morgan fingerprint density at radius 1 is 0.964 bits per heavy atom. The highest BCUT2D eigenvalue weighted by Crippen LogP contribution is 2.22. The average Bonchev–Trinajstić information content (AvgIpc) is 2.70. The molecular weight excluding hydrogens is 381 g/mol. The Labute approximate surface area is 164 Å². The summed E-state index contributed by atoms with van der Waals surface area (Å²) >= 11 is 0. The molecule has 1 amide bonds. The molecule has 2 aromatic carbocycles. The van der Waals surface area contributed by atoms with Gasteiger partial charge in [-0.25, -0.2) is 12.8 Å². The van der Waals surface area contributed by atoms with E-state index in [4.69, 9.17) is 0 Å². The largest absolute Gasteiger partial charge is 0.374 e. The molecule has 1 unspecified atom stereocenters. The van der Waals surface area contributed by atoms with Crippen LogP contribution < -0.4 is 10.6 Å². The first-order valence-electron chi connectivity index (χ1n) is 9.29. The third-order valence-corrected chi connectivity index (χ3v) is 6.61. The summed E-state index contributed by atoms with van der Waals surface area (Å²) in [5.74, 6) is -0.627. The fraction of sp³-hybridized carbons (Fsp3) is 0.350. The summed E-state index contributed by atoms with van der Waals surface area (Å²) in [7, 11) is -3.49. The predicted octanol–water partition coefficient (Wildman–Crippen LogP) is 3.44. The van der Waals surface area contributed by atoms with Crippen molar-refractivity contribution >= 4 is 27.3 Å². The summed E-state index contributed by atoms with van der Waals surface area (Å²) in [5.41, 5.74) is 1.14. The van der Waals surface area contributed by atoms with Crippen LogP contribution in [0.5, 0.6) is 0 Å². The Bertz CT molecular complexity index is 909. The van der Waals surface area contributed by atoms with Crippen LogP contribution in [0, 0.1) is 5.82 Å². The molecule has 0 bridgehead atoms. The first kappa shape index (κ1) is 20.3. The average molecular weight is 405 g/mol. The molecule has 150 valence electrons. The van der Waals surface area contributed by atoms with Crippen molar-refractivity contribution in [2.75, 3.05) is 23.7 Å². The molecule has 1 aliphatic rings. The lowest BCUT2D eigenvalue weighted by atomic mass is 10.2. The fourth-order valence-electron chi connectivity index (χ4n) is 3.08. The Morgan fingerprint density at radius 2 is 1.54 bits per heavy atom. The van der Waals surface area contributed by atoms with E-state index in [1.165, 1.54) is 28.6 Å². The van der Waals surface area contributed by atoms with Crippen molar-refractivity contribution in [1.29, 1.82) is 0 Å². The monoisotopic (exact) mass is 405 g/mol. The van der Waals surface area contributed by atoms with Crippen LogP contribution in [0.1, 0.15) is 26.2 Å². The van der Waals surface area contributed by atoms with Gasteiger partial charge in [0.2, 0.25) is 15.9 Å². The second-order valence-corrected chi connectivity index (χ2v) is 8.79. The van der Waals surface area contributed by atoms with Crippen molar-refractivity contribution in [2.45, 2.75) is 37.1 Å². The summed E-state index contributed by atoms with van der Waals surface area (Å²) in [6, 6.07) is 11.4.